The molecule has 4 aromatic rings. The van der Waals surface area contributed by atoms with Gasteiger partial charge in [0.25, 0.3) is 10.0 Å². The van der Waals surface area contributed by atoms with Gasteiger partial charge in [-0.25, -0.2) is 17.4 Å². The summed E-state index contributed by atoms with van der Waals surface area (Å²) in [5.41, 5.74) is 1.43. The minimum atomic E-state index is -3.97. The molecule has 6 rings (SSSR count). The highest BCUT2D eigenvalue weighted by Crippen LogP contribution is 2.38. The molecule has 9 nitrogen and oxygen atoms in total. The molecule has 0 bridgehead atoms. The Kier molecular flexibility index (Phi) is 7.14. The van der Waals surface area contributed by atoms with Crippen LogP contribution in [0, 0.1) is 11.3 Å². The third-order valence-electron chi connectivity index (χ3n) is 8.33. The van der Waals surface area contributed by atoms with Crippen molar-refractivity contribution in [2.45, 2.75) is 62.7 Å². The predicted molar refractivity (Wildman–Crippen MR) is 159 cm³/mol. The summed E-state index contributed by atoms with van der Waals surface area (Å²) in [6, 6.07) is 17.7. The lowest BCUT2D eigenvalue weighted by Crippen LogP contribution is -2.41. The number of fused-ring (bicyclic) bond motifs is 1. The molecule has 0 spiro atoms. The number of hydrogen-bond acceptors (Lipinski definition) is 8. The van der Waals surface area contributed by atoms with E-state index in [-0.39, 0.29) is 16.6 Å². The number of nitriles is 1. The largest absolute Gasteiger partial charge is 0.496 e. The highest BCUT2D eigenvalue weighted by Gasteiger charge is 2.52. The van der Waals surface area contributed by atoms with Crippen molar-refractivity contribution in [2.75, 3.05) is 13.2 Å². The van der Waals surface area contributed by atoms with Crippen LogP contribution in [0.3, 0.4) is 0 Å². The zero-order valence-corrected chi connectivity index (χ0v) is 24.8. The van der Waals surface area contributed by atoms with Gasteiger partial charge < -0.3 is 18.8 Å². The molecule has 0 amide bonds. The van der Waals surface area contributed by atoms with Gasteiger partial charge in [-0.05, 0) is 63.6 Å². The zero-order valence-electron chi connectivity index (χ0n) is 24.0. The van der Waals surface area contributed by atoms with Crippen molar-refractivity contribution >= 4 is 33.6 Å². The first kappa shape index (κ1) is 28.4. The number of ether oxygens (including phenoxy) is 2. The number of nitrogens with zero attached hydrogens (tertiary/aromatic N) is 3. The summed E-state index contributed by atoms with van der Waals surface area (Å²) in [5.74, 6) is 0.491. The van der Waals surface area contributed by atoms with E-state index in [1.807, 2.05) is 39.8 Å². The zero-order chi connectivity index (χ0) is 29.7. The average molecular weight is 585 g/mol. The van der Waals surface area contributed by atoms with E-state index in [9.17, 15) is 13.7 Å². The highest BCUT2D eigenvalue weighted by molar-refractivity contribution is 7.90. The van der Waals surface area contributed by atoms with Crippen molar-refractivity contribution in [1.82, 2.24) is 8.96 Å². The molecule has 2 aliphatic rings. The maximum absolute atomic E-state index is 13.8. The Labute approximate surface area is 246 Å². The lowest BCUT2D eigenvalue weighted by molar-refractivity contribution is 0.00578. The van der Waals surface area contributed by atoms with Crippen LogP contribution >= 0.6 is 0 Å². The Balaban J connectivity index is 1.48. The standard InChI is InChI=1S/C31H32BN3O6S/c1-30(2)31(3,4)41-32(40-30)23-17-26-27(20-35(29(26)34-19-23)42(36,37)25-8-6-5-7-9-25)21-10-11-28(22(16-21)18-33)39-24-12-14-38-15-13-24/h5-11,16-17,19-20,24H,12-15H2,1-4H3. The molecule has 0 aliphatic carbocycles. The fourth-order valence-electron chi connectivity index (χ4n) is 5.18. The summed E-state index contributed by atoms with van der Waals surface area (Å²) in [4.78, 5) is 4.76. The second-order valence-corrected chi connectivity index (χ2v) is 13.5. The quantitative estimate of drug-likeness (QED) is 0.300. The molecule has 0 N–H and O–H groups in total. The molecule has 0 unspecified atom stereocenters. The Morgan fingerprint density at radius 3 is 2.38 bits per heavy atom. The Hall–Kier alpha value is -3.69. The maximum Gasteiger partial charge on any atom is 0.496 e. The van der Waals surface area contributed by atoms with E-state index in [1.165, 1.54) is 3.97 Å². The lowest BCUT2D eigenvalue weighted by atomic mass is 9.79. The van der Waals surface area contributed by atoms with Crippen LogP contribution in [0.5, 0.6) is 5.75 Å². The van der Waals surface area contributed by atoms with Crippen molar-refractivity contribution in [2.24, 2.45) is 0 Å². The van der Waals surface area contributed by atoms with Crippen molar-refractivity contribution in [3.63, 3.8) is 0 Å². The van der Waals surface area contributed by atoms with Gasteiger partial charge >= 0.3 is 7.12 Å². The fourth-order valence-corrected chi connectivity index (χ4v) is 6.53. The SMILES string of the molecule is CC1(C)OB(c2cnc3c(c2)c(-c2ccc(OC4CCOCC4)c(C#N)c2)cn3S(=O)(=O)c2ccccc2)OC1(C)C. The van der Waals surface area contributed by atoms with Crippen LogP contribution in [0.4, 0.5) is 0 Å². The van der Waals surface area contributed by atoms with Gasteiger partial charge in [0.2, 0.25) is 0 Å². The van der Waals surface area contributed by atoms with Crippen LogP contribution in [0.1, 0.15) is 46.1 Å². The number of benzene rings is 2. The maximum atomic E-state index is 13.8. The molecular weight excluding hydrogens is 553 g/mol. The summed E-state index contributed by atoms with van der Waals surface area (Å²) >= 11 is 0. The molecule has 2 aromatic carbocycles. The summed E-state index contributed by atoms with van der Waals surface area (Å²) in [5, 5.41) is 10.6. The van der Waals surface area contributed by atoms with Crippen molar-refractivity contribution in [3.8, 4) is 22.9 Å². The van der Waals surface area contributed by atoms with E-state index in [2.05, 4.69) is 11.1 Å². The van der Waals surface area contributed by atoms with E-state index in [0.717, 1.165) is 12.8 Å². The Bertz CT molecular complexity index is 1770. The molecule has 42 heavy (non-hydrogen) atoms. The number of hydrogen-bond donors (Lipinski definition) is 0. The molecule has 4 heterocycles. The van der Waals surface area contributed by atoms with Crippen LogP contribution in [0.25, 0.3) is 22.2 Å². The molecular formula is C31H32BN3O6S. The number of pyridine rings is 1. The average Bonchev–Trinajstić information content (AvgIpc) is 3.47. The van der Waals surface area contributed by atoms with Gasteiger partial charge in [0.1, 0.15) is 17.9 Å². The molecule has 0 radical (unpaired) electrons. The molecule has 2 saturated heterocycles. The van der Waals surface area contributed by atoms with Crippen molar-refractivity contribution in [3.05, 3.63) is 72.6 Å². The van der Waals surface area contributed by atoms with Crippen LogP contribution < -0.4 is 10.2 Å². The fraction of sp³-hybridized carbons (Fsp3) is 0.355. The number of aromatic nitrogens is 2. The van der Waals surface area contributed by atoms with Gasteiger partial charge in [-0.1, -0.05) is 24.3 Å². The first-order valence-corrected chi connectivity index (χ1v) is 15.4. The monoisotopic (exact) mass is 585 g/mol. The third kappa shape index (κ3) is 4.99. The van der Waals surface area contributed by atoms with Crippen LogP contribution in [0.2, 0.25) is 0 Å². The van der Waals surface area contributed by atoms with E-state index in [1.54, 1.807) is 54.9 Å². The first-order chi connectivity index (χ1) is 20.0. The Morgan fingerprint density at radius 1 is 1.02 bits per heavy atom. The third-order valence-corrected chi connectivity index (χ3v) is 10.00. The van der Waals surface area contributed by atoms with E-state index in [4.69, 9.17) is 18.8 Å². The Morgan fingerprint density at radius 2 is 1.71 bits per heavy atom. The van der Waals surface area contributed by atoms with Gasteiger partial charge in [-0.2, -0.15) is 5.26 Å². The van der Waals surface area contributed by atoms with Crippen molar-refractivity contribution < 1.29 is 27.2 Å². The molecule has 11 heteroatoms. The second kappa shape index (κ2) is 10.5. The molecule has 2 aromatic heterocycles. The summed E-state index contributed by atoms with van der Waals surface area (Å²) in [6.45, 7) is 9.14. The van der Waals surface area contributed by atoms with Gasteiger partial charge in [0.15, 0.2) is 5.65 Å². The molecule has 2 aliphatic heterocycles. The summed E-state index contributed by atoms with van der Waals surface area (Å²) in [6.07, 6.45) is 4.64. The first-order valence-electron chi connectivity index (χ1n) is 14.0. The minimum Gasteiger partial charge on any atom is -0.489 e. The topological polar surface area (TPSA) is 113 Å². The predicted octanol–water partition coefficient (Wildman–Crippen LogP) is 4.67. The lowest BCUT2D eigenvalue weighted by Gasteiger charge is -2.32. The van der Waals surface area contributed by atoms with E-state index >= 15 is 0 Å². The molecule has 2 fully saturated rings. The smallest absolute Gasteiger partial charge is 0.489 e. The highest BCUT2D eigenvalue weighted by atomic mass is 32.2. The van der Waals surface area contributed by atoms with Gasteiger partial charge in [0, 0.05) is 41.6 Å². The summed E-state index contributed by atoms with van der Waals surface area (Å²) in [7, 11) is -4.66. The van der Waals surface area contributed by atoms with Crippen molar-refractivity contribution in [1.29, 1.82) is 5.26 Å². The normalized spacial score (nSPS) is 18.7. The van der Waals surface area contributed by atoms with Crippen LogP contribution in [-0.2, 0) is 24.1 Å². The number of rotatable bonds is 6. The molecule has 216 valence electrons. The van der Waals surface area contributed by atoms with Gasteiger partial charge in [-0.15, -0.1) is 0 Å². The molecule has 0 saturated carbocycles. The molecule has 0 atom stereocenters. The van der Waals surface area contributed by atoms with Gasteiger partial charge in [0.05, 0.1) is 34.9 Å². The van der Waals surface area contributed by atoms with Crippen LogP contribution in [-0.4, -0.2) is 55.0 Å². The van der Waals surface area contributed by atoms with Gasteiger partial charge in [-0.3, -0.25) is 0 Å². The second-order valence-electron chi connectivity index (χ2n) is 11.6. The minimum absolute atomic E-state index is 0.0266. The van der Waals surface area contributed by atoms with E-state index < -0.39 is 28.3 Å². The van der Waals surface area contributed by atoms with Crippen LogP contribution in [0.15, 0.2) is 71.9 Å². The summed E-state index contributed by atoms with van der Waals surface area (Å²) < 4.78 is 52.9. The van der Waals surface area contributed by atoms with E-state index in [0.29, 0.717) is 46.5 Å².